The molecule has 0 fully saturated rings. The van der Waals surface area contributed by atoms with Crippen LogP contribution in [-0.4, -0.2) is 26.3 Å². The van der Waals surface area contributed by atoms with E-state index >= 15 is 0 Å². The lowest BCUT2D eigenvalue weighted by Gasteiger charge is -2.19. The van der Waals surface area contributed by atoms with E-state index in [4.69, 9.17) is 4.74 Å². The lowest BCUT2D eigenvalue weighted by Crippen LogP contribution is -2.31. The summed E-state index contributed by atoms with van der Waals surface area (Å²) in [5.74, 6) is 6.71. The highest BCUT2D eigenvalue weighted by Crippen LogP contribution is 2.09. The second-order valence-electron chi connectivity index (χ2n) is 4.08. The summed E-state index contributed by atoms with van der Waals surface area (Å²) in [6.45, 7) is 8.23. The molecule has 0 saturated carbocycles. The topological polar surface area (TPSA) is 21.3 Å². The highest BCUT2D eigenvalue weighted by molar-refractivity contribution is 4.98. The van der Waals surface area contributed by atoms with E-state index in [1.54, 1.807) is 7.11 Å². The van der Waals surface area contributed by atoms with Gasteiger partial charge in [0.2, 0.25) is 0 Å². The van der Waals surface area contributed by atoms with E-state index in [1.807, 2.05) is 6.92 Å². The van der Waals surface area contributed by atoms with Crippen molar-refractivity contribution in [2.75, 3.05) is 20.3 Å². The minimum atomic E-state index is 0.516. The highest BCUT2D eigenvalue weighted by atomic mass is 16.5. The molecule has 1 N–H and O–H groups in total. The number of rotatable bonds is 8. The Balaban J connectivity index is 3.90. The van der Waals surface area contributed by atoms with Gasteiger partial charge in [0.15, 0.2) is 0 Å². The van der Waals surface area contributed by atoms with Crippen LogP contribution in [0.4, 0.5) is 0 Å². The van der Waals surface area contributed by atoms with Gasteiger partial charge in [-0.05, 0) is 32.2 Å². The second-order valence-corrected chi connectivity index (χ2v) is 4.08. The van der Waals surface area contributed by atoms with Crippen molar-refractivity contribution >= 4 is 0 Å². The second kappa shape index (κ2) is 10.0. The number of hydrogen-bond acceptors (Lipinski definition) is 2. The standard InChI is InChI=1S/C13H25NO/c1-5-7-8-13(14-9-6-2)10-12(3)11-15-4/h12-14H,6,8-11H2,1-4H3. The van der Waals surface area contributed by atoms with Gasteiger partial charge in [0.05, 0.1) is 0 Å². The summed E-state index contributed by atoms with van der Waals surface area (Å²) in [5.41, 5.74) is 0. The van der Waals surface area contributed by atoms with E-state index in [0.717, 1.165) is 26.0 Å². The van der Waals surface area contributed by atoms with Gasteiger partial charge in [0.25, 0.3) is 0 Å². The molecule has 0 aromatic carbocycles. The molecule has 2 nitrogen and oxygen atoms in total. The van der Waals surface area contributed by atoms with Gasteiger partial charge in [0.1, 0.15) is 0 Å². The first kappa shape index (κ1) is 14.5. The van der Waals surface area contributed by atoms with Crippen LogP contribution in [0, 0.1) is 17.8 Å². The van der Waals surface area contributed by atoms with Crippen molar-refractivity contribution in [3.8, 4) is 11.8 Å². The van der Waals surface area contributed by atoms with Crippen molar-refractivity contribution in [1.29, 1.82) is 0 Å². The molecule has 2 unspecified atom stereocenters. The normalized spacial score (nSPS) is 14.1. The van der Waals surface area contributed by atoms with Crippen molar-refractivity contribution < 1.29 is 4.74 Å². The average molecular weight is 211 g/mol. The minimum absolute atomic E-state index is 0.516. The van der Waals surface area contributed by atoms with Crippen molar-refractivity contribution in [3.05, 3.63) is 0 Å². The smallest absolute Gasteiger partial charge is 0.0488 e. The molecule has 0 aromatic heterocycles. The van der Waals surface area contributed by atoms with Gasteiger partial charge in [-0.15, -0.1) is 11.8 Å². The van der Waals surface area contributed by atoms with Crippen LogP contribution in [0.25, 0.3) is 0 Å². The number of hydrogen-bond donors (Lipinski definition) is 1. The third-order valence-electron chi connectivity index (χ3n) is 2.35. The SMILES string of the molecule is CC#CCC(CC(C)COC)NCCC. The maximum absolute atomic E-state index is 5.15. The molecule has 15 heavy (non-hydrogen) atoms. The van der Waals surface area contributed by atoms with Crippen molar-refractivity contribution in [2.24, 2.45) is 5.92 Å². The zero-order valence-electron chi connectivity index (χ0n) is 10.6. The number of methoxy groups -OCH3 is 1. The van der Waals surface area contributed by atoms with E-state index in [0.29, 0.717) is 12.0 Å². The van der Waals surface area contributed by atoms with Gasteiger partial charge in [0, 0.05) is 26.2 Å². The fraction of sp³-hybridized carbons (Fsp3) is 0.846. The molecule has 0 radical (unpaired) electrons. The van der Waals surface area contributed by atoms with Gasteiger partial charge in [-0.25, -0.2) is 0 Å². The molecule has 0 bridgehead atoms. The molecule has 0 heterocycles. The molecule has 0 aliphatic carbocycles. The molecule has 88 valence electrons. The first-order valence-electron chi connectivity index (χ1n) is 5.86. The predicted molar refractivity (Wildman–Crippen MR) is 65.8 cm³/mol. The average Bonchev–Trinajstić information content (AvgIpc) is 2.22. The van der Waals surface area contributed by atoms with Crippen LogP contribution in [0.5, 0.6) is 0 Å². The van der Waals surface area contributed by atoms with Crippen LogP contribution in [0.1, 0.15) is 40.0 Å². The Bertz CT molecular complexity index is 192. The van der Waals surface area contributed by atoms with Gasteiger partial charge in [-0.3, -0.25) is 0 Å². The van der Waals surface area contributed by atoms with Crippen LogP contribution in [0.2, 0.25) is 0 Å². The molecule has 0 spiro atoms. The van der Waals surface area contributed by atoms with Gasteiger partial charge < -0.3 is 10.1 Å². The lowest BCUT2D eigenvalue weighted by molar-refractivity contribution is 0.149. The van der Waals surface area contributed by atoms with Gasteiger partial charge in [-0.2, -0.15) is 0 Å². The molecule has 0 aliphatic rings. The summed E-state index contributed by atoms with van der Waals surface area (Å²) in [6.07, 6.45) is 3.27. The quantitative estimate of drug-likeness (QED) is 0.623. The highest BCUT2D eigenvalue weighted by Gasteiger charge is 2.11. The van der Waals surface area contributed by atoms with Crippen molar-refractivity contribution in [1.82, 2.24) is 5.32 Å². The summed E-state index contributed by atoms with van der Waals surface area (Å²) in [4.78, 5) is 0. The predicted octanol–water partition coefficient (Wildman–Crippen LogP) is 2.44. The third-order valence-corrected chi connectivity index (χ3v) is 2.35. The van der Waals surface area contributed by atoms with E-state index in [9.17, 15) is 0 Å². The van der Waals surface area contributed by atoms with Crippen molar-refractivity contribution in [2.45, 2.75) is 46.1 Å². The van der Waals surface area contributed by atoms with Crippen LogP contribution in [-0.2, 0) is 4.74 Å². The summed E-state index contributed by atoms with van der Waals surface area (Å²) < 4.78 is 5.15. The first-order chi connectivity index (χ1) is 7.24. The Morgan fingerprint density at radius 1 is 1.40 bits per heavy atom. The van der Waals surface area contributed by atoms with E-state index in [2.05, 4.69) is 31.0 Å². The van der Waals surface area contributed by atoms with Crippen LogP contribution in [0.15, 0.2) is 0 Å². The van der Waals surface area contributed by atoms with Gasteiger partial charge >= 0.3 is 0 Å². The van der Waals surface area contributed by atoms with E-state index in [1.165, 1.54) is 6.42 Å². The largest absolute Gasteiger partial charge is 0.384 e. The molecule has 0 aliphatic heterocycles. The van der Waals surface area contributed by atoms with Crippen LogP contribution >= 0.6 is 0 Å². The Morgan fingerprint density at radius 2 is 2.13 bits per heavy atom. The van der Waals surface area contributed by atoms with Crippen LogP contribution in [0.3, 0.4) is 0 Å². The Hall–Kier alpha value is -0.520. The zero-order valence-corrected chi connectivity index (χ0v) is 10.6. The Morgan fingerprint density at radius 3 is 2.67 bits per heavy atom. The zero-order chi connectivity index (χ0) is 11.5. The molecular weight excluding hydrogens is 186 g/mol. The first-order valence-corrected chi connectivity index (χ1v) is 5.86. The summed E-state index contributed by atoms with van der Waals surface area (Å²) >= 11 is 0. The van der Waals surface area contributed by atoms with E-state index < -0.39 is 0 Å². The molecule has 0 amide bonds. The lowest BCUT2D eigenvalue weighted by atomic mass is 10.00. The summed E-state index contributed by atoms with van der Waals surface area (Å²) in [5, 5.41) is 3.54. The monoisotopic (exact) mass is 211 g/mol. The number of ether oxygens (including phenoxy) is 1. The summed E-state index contributed by atoms with van der Waals surface area (Å²) in [7, 11) is 1.76. The Labute approximate surface area is 94.8 Å². The van der Waals surface area contributed by atoms with Crippen LogP contribution < -0.4 is 5.32 Å². The Kier molecular flexibility index (Phi) is 9.67. The minimum Gasteiger partial charge on any atom is -0.384 e. The molecule has 0 aromatic rings. The van der Waals surface area contributed by atoms with Gasteiger partial charge in [-0.1, -0.05) is 13.8 Å². The third kappa shape index (κ3) is 8.47. The molecular formula is C13H25NO. The summed E-state index contributed by atoms with van der Waals surface area (Å²) in [6, 6.07) is 0.516. The maximum Gasteiger partial charge on any atom is 0.0488 e. The molecule has 2 atom stereocenters. The molecule has 0 rings (SSSR count). The number of nitrogens with one attached hydrogen (secondary N) is 1. The molecule has 0 saturated heterocycles. The fourth-order valence-electron chi connectivity index (χ4n) is 1.65. The van der Waals surface area contributed by atoms with Crippen molar-refractivity contribution in [3.63, 3.8) is 0 Å². The maximum atomic E-state index is 5.15. The fourth-order valence-corrected chi connectivity index (χ4v) is 1.65. The van der Waals surface area contributed by atoms with E-state index in [-0.39, 0.29) is 0 Å². The molecule has 2 heteroatoms.